The van der Waals surface area contributed by atoms with Crippen molar-refractivity contribution in [3.63, 3.8) is 0 Å². The molecule has 0 bridgehead atoms. The molecule has 0 unspecified atom stereocenters. The van der Waals surface area contributed by atoms with Crippen molar-refractivity contribution in [2.75, 3.05) is 31.1 Å². The van der Waals surface area contributed by atoms with Crippen LogP contribution in [0.15, 0.2) is 47.7 Å². The number of piperazine rings is 1. The van der Waals surface area contributed by atoms with Crippen molar-refractivity contribution >= 4 is 18.2 Å². The van der Waals surface area contributed by atoms with Crippen LogP contribution in [0.3, 0.4) is 0 Å². The number of nitrogens with zero attached hydrogens (tertiary/aromatic N) is 10. The van der Waals surface area contributed by atoms with Crippen LogP contribution in [0.1, 0.15) is 23.9 Å². The summed E-state index contributed by atoms with van der Waals surface area (Å²) in [5.41, 5.74) is 1.01. The Kier molecular flexibility index (Phi) is 5.55. The van der Waals surface area contributed by atoms with Gasteiger partial charge >= 0.3 is 12.2 Å². The van der Waals surface area contributed by atoms with Gasteiger partial charge in [0.15, 0.2) is 5.82 Å². The molecule has 2 aliphatic heterocycles. The zero-order chi connectivity index (χ0) is 23.7. The van der Waals surface area contributed by atoms with Crippen LogP contribution < -0.4 is 4.90 Å². The van der Waals surface area contributed by atoms with E-state index in [2.05, 4.69) is 30.6 Å². The normalized spacial score (nSPS) is 18.6. The summed E-state index contributed by atoms with van der Waals surface area (Å²) in [6.45, 7) is 1.59. The van der Waals surface area contributed by atoms with Gasteiger partial charge in [-0.05, 0) is 16.0 Å². The first kappa shape index (κ1) is 21.7. The van der Waals surface area contributed by atoms with Gasteiger partial charge in [0.25, 0.3) is 5.82 Å². The van der Waals surface area contributed by atoms with Crippen molar-refractivity contribution in [1.29, 1.82) is 0 Å². The van der Waals surface area contributed by atoms with E-state index in [4.69, 9.17) is 0 Å². The van der Waals surface area contributed by atoms with Crippen molar-refractivity contribution in [1.82, 2.24) is 40.1 Å². The van der Waals surface area contributed by atoms with Crippen molar-refractivity contribution in [2.45, 2.75) is 18.6 Å². The maximum atomic E-state index is 13.1. The van der Waals surface area contributed by atoms with Gasteiger partial charge in [-0.25, -0.2) is 14.8 Å². The van der Waals surface area contributed by atoms with Crippen LogP contribution in [0.25, 0.3) is 5.82 Å². The molecular weight excluding hydrogens is 453 g/mol. The second-order valence-corrected chi connectivity index (χ2v) is 7.69. The average molecular weight is 472 g/mol. The van der Waals surface area contributed by atoms with Gasteiger partial charge in [0.05, 0.1) is 6.04 Å². The number of carbonyl (C=O) groups excluding carboxylic acids is 1. The van der Waals surface area contributed by atoms with Crippen LogP contribution in [-0.4, -0.2) is 78.5 Å². The number of amides is 2. The predicted octanol–water partition coefficient (Wildman–Crippen LogP) is 2.15. The van der Waals surface area contributed by atoms with Gasteiger partial charge in [0.2, 0.25) is 5.95 Å². The van der Waals surface area contributed by atoms with Gasteiger partial charge in [-0.1, -0.05) is 30.3 Å². The molecule has 2 amide bonds. The van der Waals surface area contributed by atoms with E-state index in [-0.39, 0.29) is 23.8 Å². The van der Waals surface area contributed by atoms with Crippen molar-refractivity contribution in [3.8, 4) is 5.82 Å². The second-order valence-electron chi connectivity index (χ2n) is 7.69. The third-order valence-corrected chi connectivity index (χ3v) is 5.61. The topological polar surface area (TPSA) is 109 Å². The second kappa shape index (κ2) is 8.68. The SMILES string of the molecule is O=C(N1CCN(c2nccc(-n3nnnc3C(F)(F)F)n2)CC1)N1N=CC[C@H]1c1ccccc1. The van der Waals surface area contributed by atoms with Gasteiger partial charge in [-0.3, -0.25) is 0 Å². The maximum Gasteiger partial charge on any atom is 0.453 e. The summed E-state index contributed by atoms with van der Waals surface area (Å²) in [7, 11) is 0. The van der Waals surface area contributed by atoms with Gasteiger partial charge in [-0.2, -0.15) is 27.9 Å². The van der Waals surface area contributed by atoms with Gasteiger partial charge in [-0.15, -0.1) is 5.10 Å². The van der Waals surface area contributed by atoms with Crippen molar-refractivity contribution in [2.24, 2.45) is 5.10 Å². The molecule has 2 aromatic heterocycles. The third-order valence-electron chi connectivity index (χ3n) is 5.61. The third kappa shape index (κ3) is 4.13. The fourth-order valence-electron chi connectivity index (χ4n) is 3.92. The number of hydrazone groups is 1. The van der Waals surface area contributed by atoms with Crippen LogP contribution >= 0.6 is 0 Å². The van der Waals surface area contributed by atoms with Crippen molar-refractivity contribution in [3.05, 3.63) is 54.0 Å². The lowest BCUT2D eigenvalue weighted by Gasteiger charge is -2.37. The van der Waals surface area contributed by atoms with E-state index in [9.17, 15) is 18.0 Å². The lowest BCUT2D eigenvalue weighted by molar-refractivity contribution is -0.146. The van der Waals surface area contributed by atoms with E-state index in [0.717, 1.165) is 5.56 Å². The van der Waals surface area contributed by atoms with E-state index in [0.29, 0.717) is 37.3 Å². The molecule has 176 valence electrons. The van der Waals surface area contributed by atoms with E-state index in [1.54, 1.807) is 16.0 Å². The Morgan fingerprint density at radius 2 is 1.79 bits per heavy atom. The molecule has 4 heterocycles. The molecule has 11 nitrogen and oxygen atoms in total. The number of halogens is 3. The van der Waals surface area contributed by atoms with E-state index in [1.165, 1.54) is 17.3 Å². The Morgan fingerprint density at radius 3 is 2.53 bits per heavy atom. The largest absolute Gasteiger partial charge is 0.453 e. The summed E-state index contributed by atoms with van der Waals surface area (Å²) in [6, 6.07) is 10.7. The first-order valence-electron chi connectivity index (χ1n) is 10.5. The molecule has 0 saturated carbocycles. The number of tetrazole rings is 1. The highest BCUT2D eigenvalue weighted by Crippen LogP contribution is 2.30. The molecular formula is C20H19F3N10O. The number of rotatable bonds is 3. The molecule has 34 heavy (non-hydrogen) atoms. The summed E-state index contributed by atoms with van der Waals surface area (Å²) < 4.78 is 39.9. The Morgan fingerprint density at radius 1 is 1.03 bits per heavy atom. The highest BCUT2D eigenvalue weighted by Gasteiger charge is 2.39. The highest BCUT2D eigenvalue weighted by molar-refractivity contribution is 5.78. The summed E-state index contributed by atoms with van der Waals surface area (Å²) in [4.78, 5) is 25.0. The molecule has 3 aromatic rings. The summed E-state index contributed by atoms with van der Waals surface area (Å²) >= 11 is 0. The molecule has 1 atom stereocenters. The fourth-order valence-corrected chi connectivity index (χ4v) is 3.92. The molecule has 1 aromatic carbocycles. The Bertz CT molecular complexity index is 1190. The zero-order valence-corrected chi connectivity index (χ0v) is 17.7. The van der Waals surface area contributed by atoms with Crippen LogP contribution in [0.4, 0.5) is 23.9 Å². The lowest BCUT2D eigenvalue weighted by Crippen LogP contribution is -2.52. The zero-order valence-electron chi connectivity index (χ0n) is 17.7. The summed E-state index contributed by atoms with van der Waals surface area (Å²) in [5.74, 6) is -1.14. The summed E-state index contributed by atoms with van der Waals surface area (Å²) in [5, 5.41) is 15.3. The van der Waals surface area contributed by atoms with Crippen LogP contribution in [0, 0.1) is 0 Å². The lowest BCUT2D eigenvalue weighted by atomic mass is 10.1. The smallest absolute Gasteiger partial charge is 0.337 e. The van der Waals surface area contributed by atoms with Gasteiger partial charge in [0, 0.05) is 51.1 Å². The van der Waals surface area contributed by atoms with Crippen molar-refractivity contribution < 1.29 is 18.0 Å². The molecule has 5 rings (SSSR count). The first-order chi connectivity index (χ1) is 16.4. The minimum atomic E-state index is -4.73. The number of carbonyl (C=O) groups is 1. The molecule has 2 aliphatic rings. The summed E-state index contributed by atoms with van der Waals surface area (Å²) in [6.07, 6.45) is -0.997. The minimum Gasteiger partial charge on any atom is -0.337 e. The highest BCUT2D eigenvalue weighted by atomic mass is 19.4. The molecule has 0 N–H and O–H groups in total. The molecule has 0 spiro atoms. The molecule has 1 saturated heterocycles. The molecule has 1 fully saturated rings. The Balaban J connectivity index is 1.26. The standard InChI is InChI=1S/C20H19F3N10O/c21-20(22,23)17-27-28-29-33(17)16-7-8-24-18(26-16)30-10-12-31(13-11-30)19(34)32-15(6-9-25-32)14-4-2-1-3-5-14/h1-5,7-9,15H,6,10-13H2/t15-/m0/s1. The molecule has 0 aliphatic carbocycles. The molecule has 0 radical (unpaired) electrons. The van der Waals surface area contributed by atoms with Crippen LogP contribution in [0.5, 0.6) is 0 Å². The average Bonchev–Trinajstić information content (AvgIpc) is 3.55. The van der Waals surface area contributed by atoms with E-state index >= 15 is 0 Å². The Hall–Kier alpha value is -4.10. The number of hydrogen-bond acceptors (Lipinski definition) is 8. The van der Waals surface area contributed by atoms with Gasteiger partial charge < -0.3 is 9.80 Å². The van der Waals surface area contributed by atoms with E-state index in [1.807, 2.05) is 30.3 Å². The number of benzene rings is 1. The Labute approximate surface area is 191 Å². The van der Waals surface area contributed by atoms with Gasteiger partial charge in [0.1, 0.15) is 0 Å². The monoisotopic (exact) mass is 472 g/mol. The number of hydrogen-bond donors (Lipinski definition) is 0. The van der Waals surface area contributed by atoms with E-state index < -0.39 is 12.0 Å². The fraction of sp³-hybridized carbons (Fsp3) is 0.350. The van der Waals surface area contributed by atoms with Crippen LogP contribution in [0.2, 0.25) is 0 Å². The maximum absolute atomic E-state index is 13.1. The number of urea groups is 1. The molecule has 14 heteroatoms. The number of anilines is 1. The quantitative estimate of drug-likeness (QED) is 0.575. The predicted molar refractivity (Wildman–Crippen MR) is 113 cm³/mol. The van der Waals surface area contributed by atoms with Crippen LogP contribution in [-0.2, 0) is 6.18 Å². The number of aromatic nitrogens is 6. The first-order valence-corrected chi connectivity index (χ1v) is 10.5. The minimum absolute atomic E-state index is 0.0991. The number of alkyl halides is 3.